The molecule has 100 valence electrons. The summed E-state index contributed by atoms with van der Waals surface area (Å²) < 4.78 is 6.67. The molecule has 0 atom stereocenters. The Hall–Kier alpha value is -2.14. The summed E-state index contributed by atoms with van der Waals surface area (Å²) in [5, 5.41) is 4.09. The lowest BCUT2D eigenvalue weighted by Crippen LogP contribution is -2.23. The maximum absolute atomic E-state index is 11.9. The maximum atomic E-state index is 11.9. The van der Waals surface area contributed by atoms with Crippen molar-refractivity contribution in [3.8, 4) is 5.75 Å². The van der Waals surface area contributed by atoms with Crippen molar-refractivity contribution in [2.45, 2.75) is 13.5 Å². The summed E-state index contributed by atoms with van der Waals surface area (Å²) in [5.41, 5.74) is 7.35. The number of nitrogens with two attached hydrogens (primary N) is 1. The zero-order valence-electron chi connectivity index (χ0n) is 10.9. The zero-order valence-corrected chi connectivity index (χ0v) is 10.9. The molecule has 2 N–H and O–H groups in total. The minimum atomic E-state index is -0.184. The molecule has 1 heterocycles. The number of nitrogens with zero attached hydrogens (tertiary/aromatic N) is 2. The number of aromatic nitrogens is 2. The Balaban J connectivity index is 2.15. The van der Waals surface area contributed by atoms with E-state index in [0.29, 0.717) is 25.4 Å². The highest BCUT2D eigenvalue weighted by molar-refractivity contribution is 5.22. The van der Waals surface area contributed by atoms with Crippen LogP contribution in [0.1, 0.15) is 11.1 Å². The molecule has 0 saturated heterocycles. The van der Waals surface area contributed by atoms with Crippen molar-refractivity contribution >= 4 is 0 Å². The molecule has 0 unspecified atom stereocenters. The van der Waals surface area contributed by atoms with E-state index in [1.165, 1.54) is 16.9 Å². The standard InChI is InChI=1S/C14H17N3O2/c1-11-3-2-4-12(7-11)10-17-14(18)8-13(9-16-17)19-6-5-15/h2-4,7-9H,5-6,10,15H2,1H3. The van der Waals surface area contributed by atoms with Gasteiger partial charge in [-0.2, -0.15) is 5.10 Å². The molecule has 0 radical (unpaired) electrons. The predicted octanol–water partition coefficient (Wildman–Crippen LogP) is 0.938. The van der Waals surface area contributed by atoms with Crippen LogP contribution < -0.4 is 16.0 Å². The number of rotatable bonds is 5. The fraction of sp³-hybridized carbons (Fsp3) is 0.286. The molecule has 19 heavy (non-hydrogen) atoms. The first-order valence-electron chi connectivity index (χ1n) is 6.14. The van der Waals surface area contributed by atoms with Crippen LogP contribution in [0, 0.1) is 6.92 Å². The van der Waals surface area contributed by atoms with Gasteiger partial charge in [0.2, 0.25) is 0 Å². The van der Waals surface area contributed by atoms with Crippen molar-refractivity contribution in [3.63, 3.8) is 0 Å². The number of ether oxygens (including phenoxy) is 1. The highest BCUT2D eigenvalue weighted by Gasteiger charge is 2.02. The van der Waals surface area contributed by atoms with Gasteiger partial charge in [-0.25, -0.2) is 4.68 Å². The van der Waals surface area contributed by atoms with Crippen molar-refractivity contribution in [1.29, 1.82) is 0 Å². The second-order valence-corrected chi connectivity index (χ2v) is 4.31. The molecule has 1 aromatic carbocycles. The lowest BCUT2D eigenvalue weighted by molar-refractivity contribution is 0.324. The minimum absolute atomic E-state index is 0.184. The van der Waals surface area contributed by atoms with Crippen molar-refractivity contribution in [2.75, 3.05) is 13.2 Å². The van der Waals surface area contributed by atoms with E-state index in [2.05, 4.69) is 5.10 Å². The predicted molar refractivity (Wildman–Crippen MR) is 73.3 cm³/mol. The van der Waals surface area contributed by atoms with Crippen molar-refractivity contribution in [3.05, 3.63) is 58.0 Å². The van der Waals surface area contributed by atoms with E-state index < -0.39 is 0 Å². The normalized spacial score (nSPS) is 10.4. The minimum Gasteiger partial charge on any atom is -0.490 e. The van der Waals surface area contributed by atoms with Gasteiger partial charge in [-0.1, -0.05) is 29.8 Å². The number of hydrogen-bond acceptors (Lipinski definition) is 4. The summed E-state index contributed by atoms with van der Waals surface area (Å²) in [5.74, 6) is 0.455. The molecular formula is C14H17N3O2. The fourth-order valence-electron chi connectivity index (χ4n) is 1.77. The quantitative estimate of drug-likeness (QED) is 0.867. The van der Waals surface area contributed by atoms with Gasteiger partial charge in [0, 0.05) is 12.6 Å². The van der Waals surface area contributed by atoms with Crippen LogP contribution in [-0.4, -0.2) is 22.9 Å². The van der Waals surface area contributed by atoms with E-state index in [1.54, 1.807) is 0 Å². The van der Waals surface area contributed by atoms with Crippen LogP contribution in [0.5, 0.6) is 5.75 Å². The summed E-state index contributed by atoms with van der Waals surface area (Å²) in [6.45, 7) is 3.26. The van der Waals surface area contributed by atoms with Gasteiger partial charge < -0.3 is 10.5 Å². The monoisotopic (exact) mass is 259 g/mol. The van der Waals surface area contributed by atoms with Gasteiger partial charge in [0.1, 0.15) is 12.4 Å². The van der Waals surface area contributed by atoms with E-state index >= 15 is 0 Å². The van der Waals surface area contributed by atoms with Crippen LogP contribution in [-0.2, 0) is 6.54 Å². The molecule has 0 aliphatic heterocycles. The SMILES string of the molecule is Cc1cccc(Cn2ncc(OCCN)cc2=O)c1. The molecule has 0 aliphatic carbocycles. The Morgan fingerprint density at radius 1 is 1.37 bits per heavy atom. The Morgan fingerprint density at radius 3 is 2.89 bits per heavy atom. The van der Waals surface area contributed by atoms with Crippen molar-refractivity contribution < 1.29 is 4.74 Å². The summed E-state index contributed by atoms with van der Waals surface area (Å²) in [4.78, 5) is 11.9. The van der Waals surface area contributed by atoms with Gasteiger partial charge in [-0.3, -0.25) is 4.79 Å². The molecular weight excluding hydrogens is 242 g/mol. The average Bonchev–Trinajstić information content (AvgIpc) is 2.39. The molecule has 0 bridgehead atoms. The van der Waals surface area contributed by atoms with Crippen molar-refractivity contribution in [1.82, 2.24) is 9.78 Å². The molecule has 0 saturated carbocycles. The maximum Gasteiger partial charge on any atom is 0.270 e. The molecule has 2 rings (SSSR count). The molecule has 0 aliphatic rings. The van der Waals surface area contributed by atoms with Gasteiger partial charge in [0.25, 0.3) is 5.56 Å². The highest BCUT2D eigenvalue weighted by atomic mass is 16.5. The van der Waals surface area contributed by atoms with Gasteiger partial charge in [0.15, 0.2) is 0 Å². The topological polar surface area (TPSA) is 70.1 Å². The fourth-order valence-corrected chi connectivity index (χ4v) is 1.77. The Bertz CT molecular complexity index is 608. The second kappa shape index (κ2) is 6.15. The van der Waals surface area contributed by atoms with Crippen LogP contribution in [0.3, 0.4) is 0 Å². The Kier molecular flexibility index (Phi) is 4.30. The van der Waals surface area contributed by atoms with E-state index in [9.17, 15) is 4.79 Å². The highest BCUT2D eigenvalue weighted by Crippen LogP contribution is 2.06. The number of aryl methyl sites for hydroxylation is 1. The van der Waals surface area contributed by atoms with Crippen LogP contribution in [0.25, 0.3) is 0 Å². The molecule has 0 fully saturated rings. The third-order valence-electron chi connectivity index (χ3n) is 2.65. The largest absolute Gasteiger partial charge is 0.490 e. The first-order valence-corrected chi connectivity index (χ1v) is 6.14. The van der Waals surface area contributed by atoms with Crippen molar-refractivity contribution in [2.24, 2.45) is 5.73 Å². The van der Waals surface area contributed by atoms with E-state index in [1.807, 2.05) is 31.2 Å². The van der Waals surface area contributed by atoms with Crippen LogP contribution >= 0.6 is 0 Å². The van der Waals surface area contributed by atoms with Crippen LogP contribution in [0.15, 0.2) is 41.3 Å². The summed E-state index contributed by atoms with van der Waals surface area (Å²) in [7, 11) is 0. The molecule has 5 nitrogen and oxygen atoms in total. The molecule has 2 aromatic rings. The lowest BCUT2D eigenvalue weighted by atomic mass is 10.1. The zero-order chi connectivity index (χ0) is 13.7. The third kappa shape index (κ3) is 3.66. The molecule has 0 amide bonds. The summed E-state index contributed by atoms with van der Waals surface area (Å²) in [6, 6.07) is 9.42. The molecule has 5 heteroatoms. The number of hydrogen-bond donors (Lipinski definition) is 1. The first-order chi connectivity index (χ1) is 9.19. The van der Waals surface area contributed by atoms with Crippen LogP contribution in [0.4, 0.5) is 0 Å². The third-order valence-corrected chi connectivity index (χ3v) is 2.65. The van der Waals surface area contributed by atoms with Gasteiger partial charge >= 0.3 is 0 Å². The molecule has 0 spiro atoms. The lowest BCUT2D eigenvalue weighted by Gasteiger charge is -2.07. The summed E-state index contributed by atoms with van der Waals surface area (Å²) in [6.07, 6.45) is 1.53. The Morgan fingerprint density at radius 2 is 2.21 bits per heavy atom. The van der Waals surface area contributed by atoms with Gasteiger partial charge in [-0.15, -0.1) is 0 Å². The van der Waals surface area contributed by atoms with Crippen LogP contribution in [0.2, 0.25) is 0 Å². The summed E-state index contributed by atoms with van der Waals surface area (Å²) >= 11 is 0. The molecule has 1 aromatic heterocycles. The van der Waals surface area contributed by atoms with E-state index in [-0.39, 0.29) is 5.56 Å². The Labute approximate surface area is 111 Å². The average molecular weight is 259 g/mol. The van der Waals surface area contributed by atoms with Gasteiger partial charge in [-0.05, 0) is 12.5 Å². The first kappa shape index (κ1) is 13.3. The van der Waals surface area contributed by atoms with E-state index in [4.69, 9.17) is 10.5 Å². The van der Waals surface area contributed by atoms with E-state index in [0.717, 1.165) is 11.1 Å². The smallest absolute Gasteiger partial charge is 0.270 e. The van der Waals surface area contributed by atoms with Gasteiger partial charge in [0.05, 0.1) is 12.7 Å². The number of benzene rings is 1. The second-order valence-electron chi connectivity index (χ2n) is 4.31.